The summed E-state index contributed by atoms with van der Waals surface area (Å²) in [7, 11) is 0. The molecule has 5 heteroatoms. The van der Waals surface area contributed by atoms with E-state index in [1.54, 1.807) is 25.1 Å². The van der Waals surface area contributed by atoms with Crippen molar-refractivity contribution in [1.29, 1.82) is 0 Å². The molecular formula is C15H21N3O2. The molecule has 2 amide bonds. The summed E-state index contributed by atoms with van der Waals surface area (Å²) in [4.78, 5) is 23.8. The lowest BCUT2D eigenvalue weighted by atomic mass is 9.80. The first kappa shape index (κ1) is 14.5. The van der Waals surface area contributed by atoms with Gasteiger partial charge in [0.1, 0.15) is 0 Å². The lowest BCUT2D eigenvalue weighted by Gasteiger charge is -2.32. The number of amides is 2. The fraction of sp³-hybridized carbons (Fsp3) is 0.467. The molecule has 1 fully saturated rings. The lowest BCUT2D eigenvalue weighted by molar-refractivity contribution is -0.126. The Balaban J connectivity index is 2.19. The van der Waals surface area contributed by atoms with Gasteiger partial charge in [-0.3, -0.25) is 9.59 Å². The van der Waals surface area contributed by atoms with E-state index in [9.17, 15) is 9.59 Å². The summed E-state index contributed by atoms with van der Waals surface area (Å²) >= 11 is 0. The number of anilines is 1. The van der Waals surface area contributed by atoms with Crippen LogP contribution in [0.2, 0.25) is 0 Å². The lowest BCUT2D eigenvalue weighted by Crippen LogP contribution is -2.43. The van der Waals surface area contributed by atoms with Crippen molar-refractivity contribution < 1.29 is 9.59 Å². The zero-order valence-electron chi connectivity index (χ0n) is 12.0. The minimum Gasteiger partial charge on any atom is -0.366 e. The van der Waals surface area contributed by atoms with Crippen molar-refractivity contribution >= 4 is 17.5 Å². The standard InChI is InChI=1S/C15H21N3O2/c1-10-11(13(16)19)4-3-5-12(10)18-14(20)15(2)6-8-17-9-7-15/h3-5,17H,6-9H2,1-2H3,(H2,16,19)(H,18,20). The largest absolute Gasteiger partial charge is 0.366 e. The average Bonchev–Trinajstić information content (AvgIpc) is 2.41. The quantitative estimate of drug-likeness (QED) is 0.780. The Morgan fingerprint density at radius 3 is 2.55 bits per heavy atom. The highest BCUT2D eigenvalue weighted by Gasteiger charge is 2.34. The van der Waals surface area contributed by atoms with Crippen molar-refractivity contribution in [3.63, 3.8) is 0 Å². The third-order valence-electron chi connectivity index (χ3n) is 4.10. The molecule has 1 aliphatic rings. The maximum Gasteiger partial charge on any atom is 0.249 e. The molecule has 0 unspecified atom stereocenters. The second-order valence-corrected chi connectivity index (χ2v) is 5.61. The van der Waals surface area contributed by atoms with Crippen molar-refractivity contribution in [2.45, 2.75) is 26.7 Å². The van der Waals surface area contributed by atoms with Gasteiger partial charge in [0.15, 0.2) is 0 Å². The van der Waals surface area contributed by atoms with Gasteiger partial charge in [-0.05, 0) is 50.6 Å². The molecule has 5 nitrogen and oxygen atoms in total. The molecule has 1 aromatic carbocycles. The molecular weight excluding hydrogens is 254 g/mol. The fourth-order valence-corrected chi connectivity index (χ4v) is 2.52. The minimum atomic E-state index is -0.480. The van der Waals surface area contributed by atoms with Crippen LogP contribution < -0.4 is 16.4 Å². The van der Waals surface area contributed by atoms with E-state index in [-0.39, 0.29) is 11.3 Å². The Morgan fingerprint density at radius 2 is 1.95 bits per heavy atom. The zero-order valence-corrected chi connectivity index (χ0v) is 12.0. The van der Waals surface area contributed by atoms with Crippen molar-refractivity contribution in [3.05, 3.63) is 29.3 Å². The first-order valence-corrected chi connectivity index (χ1v) is 6.86. The van der Waals surface area contributed by atoms with Crippen LogP contribution in [0.3, 0.4) is 0 Å². The number of rotatable bonds is 3. The first-order valence-electron chi connectivity index (χ1n) is 6.86. The molecule has 1 saturated heterocycles. The maximum atomic E-state index is 12.5. The summed E-state index contributed by atoms with van der Waals surface area (Å²) < 4.78 is 0. The minimum absolute atomic E-state index is 0.00344. The summed E-state index contributed by atoms with van der Waals surface area (Å²) in [6, 6.07) is 5.19. The molecule has 1 heterocycles. The highest BCUT2D eigenvalue weighted by Crippen LogP contribution is 2.30. The molecule has 0 bridgehead atoms. The van der Waals surface area contributed by atoms with E-state index < -0.39 is 5.91 Å². The summed E-state index contributed by atoms with van der Waals surface area (Å²) in [5, 5.41) is 6.19. The Bertz CT molecular complexity index is 534. The predicted octanol–water partition coefficient (Wildman–Crippen LogP) is 1.42. The average molecular weight is 275 g/mol. The van der Waals surface area contributed by atoms with Gasteiger partial charge < -0.3 is 16.4 Å². The number of nitrogens with two attached hydrogens (primary N) is 1. The summed E-state index contributed by atoms with van der Waals surface area (Å²) in [6.45, 7) is 5.48. The van der Waals surface area contributed by atoms with E-state index in [0.717, 1.165) is 25.9 Å². The molecule has 4 N–H and O–H groups in total. The second kappa shape index (κ2) is 5.63. The number of carbonyl (C=O) groups excluding carboxylic acids is 2. The zero-order chi connectivity index (χ0) is 14.8. The van der Waals surface area contributed by atoms with Gasteiger partial charge in [-0.1, -0.05) is 13.0 Å². The van der Waals surface area contributed by atoms with Crippen LogP contribution in [0.15, 0.2) is 18.2 Å². The first-order chi connectivity index (χ1) is 9.44. The van der Waals surface area contributed by atoms with Gasteiger partial charge in [-0.2, -0.15) is 0 Å². The molecule has 20 heavy (non-hydrogen) atoms. The number of primary amides is 1. The van der Waals surface area contributed by atoms with Crippen LogP contribution in [0.1, 0.15) is 35.7 Å². The number of carbonyl (C=O) groups is 2. The predicted molar refractivity (Wildman–Crippen MR) is 78.5 cm³/mol. The van der Waals surface area contributed by atoms with Crippen molar-refractivity contribution in [2.75, 3.05) is 18.4 Å². The monoisotopic (exact) mass is 275 g/mol. The molecule has 0 spiro atoms. The fourth-order valence-electron chi connectivity index (χ4n) is 2.52. The van der Waals surface area contributed by atoms with Crippen LogP contribution in [0.4, 0.5) is 5.69 Å². The van der Waals surface area contributed by atoms with Gasteiger partial charge in [0.25, 0.3) is 0 Å². The van der Waals surface area contributed by atoms with E-state index >= 15 is 0 Å². The highest BCUT2D eigenvalue weighted by atomic mass is 16.2. The van der Waals surface area contributed by atoms with Gasteiger partial charge in [0.2, 0.25) is 11.8 Å². The van der Waals surface area contributed by atoms with Crippen LogP contribution in [0.5, 0.6) is 0 Å². The Hall–Kier alpha value is -1.88. The van der Waals surface area contributed by atoms with Gasteiger partial charge in [-0.15, -0.1) is 0 Å². The SMILES string of the molecule is Cc1c(NC(=O)C2(C)CCNCC2)cccc1C(N)=O. The van der Waals surface area contributed by atoms with E-state index in [4.69, 9.17) is 5.73 Å². The summed E-state index contributed by atoms with van der Waals surface area (Å²) in [6.07, 6.45) is 1.63. The molecule has 1 aromatic rings. The Labute approximate surface area is 118 Å². The third-order valence-corrected chi connectivity index (χ3v) is 4.10. The molecule has 0 radical (unpaired) electrons. The van der Waals surface area contributed by atoms with Gasteiger partial charge in [0, 0.05) is 16.7 Å². The van der Waals surface area contributed by atoms with Crippen LogP contribution in [0, 0.1) is 12.3 Å². The molecule has 0 aromatic heterocycles. The summed E-state index contributed by atoms with van der Waals surface area (Å²) in [5.74, 6) is -0.476. The van der Waals surface area contributed by atoms with Gasteiger partial charge >= 0.3 is 0 Å². The molecule has 0 aliphatic carbocycles. The van der Waals surface area contributed by atoms with E-state index in [1.807, 2.05) is 6.92 Å². The molecule has 0 atom stereocenters. The Morgan fingerprint density at radius 1 is 1.30 bits per heavy atom. The van der Waals surface area contributed by atoms with Gasteiger partial charge in [0.05, 0.1) is 0 Å². The number of piperidine rings is 1. The van der Waals surface area contributed by atoms with Crippen LogP contribution in [-0.2, 0) is 4.79 Å². The van der Waals surface area contributed by atoms with E-state index in [1.165, 1.54) is 0 Å². The van der Waals surface area contributed by atoms with Crippen LogP contribution in [0.25, 0.3) is 0 Å². The van der Waals surface area contributed by atoms with Gasteiger partial charge in [-0.25, -0.2) is 0 Å². The summed E-state index contributed by atoms with van der Waals surface area (Å²) in [5.41, 5.74) is 6.78. The number of hydrogen-bond acceptors (Lipinski definition) is 3. The number of nitrogens with one attached hydrogen (secondary N) is 2. The third kappa shape index (κ3) is 2.82. The molecule has 0 saturated carbocycles. The van der Waals surface area contributed by atoms with E-state index in [0.29, 0.717) is 16.8 Å². The van der Waals surface area contributed by atoms with E-state index in [2.05, 4.69) is 10.6 Å². The normalized spacial score (nSPS) is 17.5. The highest BCUT2D eigenvalue weighted by molar-refractivity contribution is 6.00. The number of benzene rings is 1. The molecule has 108 valence electrons. The Kier molecular flexibility index (Phi) is 4.09. The van der Waals surface area contributed by atoms with Crippen molar-refractivity contribution in [1.82, 2.24) is 5.32 Å². The molecule has 2 rings (SSSR count). The van der Waals surface area contributed by atoms with Crippen LogP contribution >= 0.6 is 0 Å². The smallest absolute Gasteiger partial charge is 0.249 e. The van der Waals surface area contributed by atoms with Crippen LogP contribution in [-0.4, -0.2) is 24.9 Å². The van der Waals surface area contributed by atoms with Crippen molar-refractivity contribution in [3.8, 4) is 0 Å². The molecule has 1 aliphatic heterocycles. The maximum absolute atomic E-state index is 12.5. The topological polar surface area (TPSA) is 84.2 Å². The second-order valence-electron chi connectivity index (χ2n) is 5.61. The number of hydrogen-bond donors (Lipinski definition) is 3. The van der Waals surface area contributed by atoms with Crippen molar-refractivity contribution in [2.24, 2.45) is 11.1 Å².